The van der Waals surface area contributed by atoms with Gasteiger partial charge < -0.3 is 9.72 Å². The van der Waals surface area contributed by atoms with Crippen LogP contribution in [0.5, 0.6) is 5.75 Å². The van der Waals surface area contributed by atoms with Gasteiger partial charge in [0.15, 0.2) is 0 Å². The molecule has 1 heterocycles. The molecule has 2 aromatic carbocycles. The van der Waals surface area contributed by atoms with E-state index >= 15 is 0 Å². The highest BCUT2D eigenvalue weighted by Gasteiger charge is 2.08. The van der Waals surface area contributed by atoms with Crippen molar-refractivity contribution < 1.29 is 4.74 Å². The van der Waals surface area contributed by atoms with Crippen molar-refractivity contribution in [1.29, 1.82) is 0 Å². The zero-order valence-corrected chi connectivity index (χ0v) is 11.8. The minimum absolute atomic E-state index is 0.154. The molecule has 0 saturated heterocycles. The number of benzene rings is 2. The summed E-state index contributed by atoms with van der Waals surface area (Å²) in [4.78, 5) is 14.9. The summed E-state index contributed by atoms with van der Waals surface area (Å²) in [5.74, 6) is 0.762. The summed E-state index contributed by atoms with van der Waals surface area (Å²) in [6, 6.07) is 13.1. The Labute approximate surface area is 117 Å². The highest BCUT2D eigenvalue weighted by molar-refractivity contribution is 9.10. The molecule has 3 rings (SSSR count). The van der Waals surface area contributed by atoms with Gasteiger partial charge in [-0.05, 0) is 42.5 Å². The van der Waals surface area contributed by atoms with Crippen molar-refractivity contribution in [3.05, 3.63) is 57.4 Å². The van der Waals surface area contributed by atoms with Crippen LogP contribution in [-0.4, -0.2) is 16.7 Å². The molecule has 1 aromatic heterocycles. The van der Waals surface area contributed by atoms with Crippen LogP contribution in [0.4, 0.5) is 0 Å². The summed E-state index contributed by atoms with van der Waals surface area (Å²) < 4.78 is 7.69. The van der Waals surface area contributed by atoms with Crippen LogP contribution in [0.15, 0.2) is 51.7 Å². The Morgan fingerprint density at radius 2 is 1.89 bits per heavy atom. The van der Waals surface area contributed by atoms with Gasteiger partial charge in [-0.3, -0.25) is 4.57 Å². The molecule has 0 aliphatic rings. The van der Waals surface area contributed by atoms with E-state index in [9.17, 15) is 4.79 Å². The van der Waals surface area contributed by atoms with E-state index in [-0.39, 0.29) is 5.69 Å². The highest BCUT2D eigenvalue weighted by Crippen LogP contribution is 2.21. The number of rotatable bonds is 2. The van der Waals surface area contributed by atoms with Crippen LogP contribution in [0.2, 0.25) is 0 Å². The lowest BCUT2D eigenvalue weighted by Gasteiger charge is -2.05. The van der Waals surface area contributed by atoms with Gasteiger partial charge in [0, 0.05) is 4.47 Å². The Kier molecular flexibility index (Phi) is 2.91. The number of imidazole rings is 1. The number of aromatic amines is 1. The van der Waals surface area contributed by atoms with Crippen molar-refractivity contribution in [2.24, 2.45) is 0 Å². The Balaban J connectivity index is 2.25. The second-order valence-corrected chi connectivity index (χ2v) is 5.04. The summed E-state index contributed by atoms with van der Waals surface area (Å²) in [5, 5.41) is 0. The number of nitrogens with zero attached hydrogens (tertiary/aromatic N) is 1. The number of aromatic nitrogens is 2. The van der Waals surface area contributed by atoms with E-state index in [4.69, 9.17) is 4.74 Å². The van der Waals surface area contributed by atoms with Crippen LogP contribution in [0.3, 0.4) is 0 Å². The van der Waals surface area contributed by atoms with Crippen LogP contribution in [0.25, 0.3) is 16.7 Å². The Morgan fingerprint density at radius 1 is 1.16 bits per heavy atom. The first-order chi connectivity index (χ1) is 9.19. The van der Waals surface area contributed by atoms with Crippen molar-refractivity contribution in [3.8, 4) is 11.4 Å². The SMILES string of the molecule is COc1ccc(-n2c(=O)[nH]c3ccc(Br)cc32)cc1. The predicted molar refractivity (Wildman–Crippen MR) is 78.1 cm³/mol. The second kappa shape index (κ2) is 4.59. The Morgan fingerprint density at radius 3 is 2.58 bits per heavy atom. The third kappa shape index (κ3) is 2.06. The van der Waals surface area contributed by atoms with Crippen LogP contribution >= 0.6 is 15.9 Å². The summed E-state index contributed by atoms with van der Waals surface area (Å²) in [5.41, 5.74) is 2.29. The van der Waals surface area contributed by atoms with E-state index in [1.165, 1.54) is 0 Å². The maximum atomic E-state index is 12.1. The predicted octanol–water partition coefficient (Wildman–Crippen LogP) is 3.09. The average molecular weight is 319 g/mol. The van der Waals surface area contributed by atoms with Crippen molar-refractivity contribution in [3.63, 3.8) is 0 Å². The highest BCUT2D eigenvalue weighted by atomic mass is 79.9. The zero-order valence-electron chi connectivity index (χ0n) is 10.2. The number of hydrogen-bond acceptors (Lipinski definition) is 2. The molecule has 0 unspecified atom stereocenters. The number of methoxy groups -OCH3 is 1. The van der Waals surface area contributed by atoms with E-state index in [2.05, 4.69) is 20.9 Å². The smallest absolute Gasteiger partial charge is 0.331 e. The number of ether oxygens (including phenoxy) is 1. The van der Waals surface area contributed by atoms with E-state index in [1.807, 2.05) is 42.5 Å². The standard InChI is InChI=1S/C14H11BrN2O2/c1-19-11-5-3-10(4-6-11)17-13-8-9(15)2-7-12(13)16-14(17)18/h2-8H,1H3,(H,16,18). The zero-order chi connectivity index (χ0) is 13.4. The van der Waals surface area contributed by atoms with Crippen molar-refractivity contribution in [2.75, 3.05) is 7.11 Å². The summed E-state index contributed by atoms with van der Waals surface area (Å²) >= 11 is 3.42. The van der Waals surface area contributed by atoms with Crippen molar-refractivity contribution in [1.82, 2.24) is 9.55 Å². The molecule has 0 aliphatic heterocycles. The second-order valence-electron chi connectivity index (χ2n) is 4.13. The summed E-state index contributed by atoms with van der Waals surface area (Å²) in [7, 11) is 1.62. The first-order valence-electron chi connectivity index (χ1n) is 5.74. The quantitative estimate of drug-likeness (QED) is 0.789. The molecule has 19 heavy (non-hydrogen) atoms. The van der Waals surface area contributed by atoms with E-state index in [1.54, 1.807) is 11.7 Å². The van der Waals surface area contributed by atoms with E-state index in [0.29, 0.717) is 0 Å². The molecule has 5 heteroatoms. The molecule has 1 N–H and O–H groups in total. The fraction of sp³-hybridized carbons (Fsp3) is 0.0714. The molecule has 0 atom stereocenters. The van der Waals surface area contributed by atoms with Gasteiger partial charge in [0.05, 0.1) is 23.8 Å². The van der Waals surface area contributed by atoms with Crippen LogP contribution in [0, 0.1) is 0 Å². The number of halogens is 1. The van der Waals surface area contributed by atoms with Crippen LogP contribution < -0.4 is 10.4 Å². The minimum Gasteiger partial charge on any atom is -0.497 e. The third-order valence-electron chi connectivity index (χ3n) is 2.98. The maximum absolute atomic E-state index is 12.1. The molecule has 4 nitrogen and oxygen atoms in total. The summed E-state index contributed by atoms with van der Waals surface area (Å²) in [6.07, 6.45) is 0. The molecule has 0 amide bonds. The first kappa shape index (κ1) is 12.0. The van der Waals surface area contributed by atoms with Crippen molar-refractivity contribution in [2.45, 2.75) is 0 Å². The molecule has 0 spiro atoms. The molecule has 96 valence electrons. The number of nitrogens with one attached hydrogen (secondary N) is 1. The van der Waals surface area contributed by atoms with E-state index < -0.39 is 0 Å². The molecule has 0 saturated carbocycles. The van der Waals surface area contributed by atoms with Gasteiger partial charge in [-0.1, -0.05) is 15.9 Å². The van der Waals surface area contributed by atoms with Gasteiger partial charge in [0.25, 0.3) is 0 Å². The van der Waals surface area contributed by atoms with Gasteiger partial charge in [0.1, 0.15) is 5.75 Å². The van der Waals surface area contributed by atoms with Gasteiger partial charge >= 0.3 is 5.69 Å². The maximum Gasteiger partial charge on any atom is 0.331 e. The third-order valence-corrected chi connectivity index (χ3v) is 3.47. The molecular weight excluding hydrogens is 308 g/mol. The molecule has 0 aliphatic carbocycles. The number of fused-ring (bicyclic) bond motifs is 1. The lowest BCUT2D eigenvalue weighted by atomic mass is 10.2. The van der Waals surface area contributed by atoms with Gasteiger partial charge in [-0.2, -0.15) is 0 Å². The lowest BCUT2D eigenvalue weighted by Crippen LogP contribution is -2.14. The Hall–Kier alpha value is -2.01. The largest absolute Gasteiger partial charge is 0.497 e. The molecule has 0 bridgehead atoms. The first-order valence-corrected chi connectivity index (χ1v) is 6.53. The lowest BCUT2D eigenvalue weighted by molar-refractivity contribution is 0.414. The Bertz CT molecular complexity index is 787. The summed E-state index contributed by atoms with van der Waals surface area (Å²) in [6.45, 7) is 0. The number of hydrogen-bond donors (Lipinski definition) is 1. The van der Waals surface area contributed by atoms with Crippen LogP contribution in [0.1, 0.15) is 0 Å². The fourth-order valence-corrected chi connectivity index (χ4v) is 2.41. The monoisotopic (exact) mass is 318 g/mol. The van der Waals surface area contributed by atoms with Gasteiger partial charge in [-0.25, -0.2) is 4.79 Å². The van der Waals surface area contributed by atoms with Crippen molar-refractivity contribution >= 4 is 27.0 Å². The van der Waals surface area contributed by atoms with Crippen LogP contribution in [-0.2, 0) is 0 Å². The topological polar surface area (TPSA) is 47.0 Å². The minimum atomic E-state index is -0.154. The average Bonchev–Trinajstić information content (AvgIpc) is 2.74. The molecule has 0 fully saturated rings. The molecule has 3 aromatic rings. The number of H-pyrrole nitrogens is 1. The molecular formula is C14H11BrN2O2. The fourth-order valence-electron chi connectivity index (χ4n) is 2.06. The van der Waals surface area contributed by atoms with Gasteiger partial charge in [-0.15, -0.1) is 0 Å². The van der Waals surface area contributed by atoms with Gasteiger partial charge in [0.2, 0.25) is 0 Å². The molecule has 0 radical (unpaired) electrons. The normalized spacial score (nSPS) is 10.8. The van der Waals surface area contributed by atoms with E-state index in [0.717, 1.165) is 26.9 Å².